The normalized spacial score (nSPS) is 11.9. The first-order chi connectivity index (χ1) is 14.3. The van der Waals surface area contributed by atoms with Crippen LogP contribution >= 0.6 is 0 Å². The van der Waals surface area contributed by atoms with Gasteiger partial charge in [0.15, 0.2) is 0 Å². The Morgan fingerprint density at radius 3 is 2.70 bits per heavy atom. The Hall–Kier alpha value is -3.28. The molecule has 1 N–H and O–H groups in total. The van der Waals surface area contributed by atoms with Gasteiger partial charge in [-0.05, 0) is 55.3 Å². The molecule has 0 aliphatic carbocycles. The number of hydrogen-bond acceptors (Lipinski definition) is 3. The van der Waals surface area contributed by atoms with E-state index in [9.17, 15) is 13.6 Å². The highest BCUT2D eigenvalue weighted by molar-refractivity contribution is 6.07. The molecule has 0 radical (unpaired) electrons. The van der Waals surface area contributed by atoms with E-state index in [0.29, 0.717) is 16.9 Å². The van der Waals surface area contributed by atoms with Crippen molar-refractivity contribution < 1.29 is 13.6 Å². The van der Waals surface area contributed by atoms with Gasteiger partial charge in [-0.15, -0.1) is 0 Å². The van der Waals surface area contributed by atoms with Gasteiger partial charge in [0.25, 0.3) is 5.91 Å². The molecule has 1 heterocycles. The van der Waals surface area contributed by atoms with Gasteiger partial charge < -0.3 is 10.2 Å². The summed E-state index contributed by atoms with van der Waals surface area (Å²) in [6.07, 6.45) is 2.54. The number of hydrogen-bond donors (Lipinski definition) is 1. The third-order valence-corrected chi connectivity index (χ3v) is 5.34. The lowest BCUT2D eigenvalue weighted by molar-refractivity contribution is 0.0742. The van der Waals surface area contributed by atoms with Crippen molar-refractivity contribution in [2.45, 2.75) is 32.9 Å². The molecule has 1 aromatic heterocycles. The summed E-state index contributed by atoms with van der Waals surface area (Å²) < 4.78 is 27.4. The molecule has 2 aromatic carbocycles. The van der Waals surface area contributed by atoms with Gasteiger partial charge in [-0.25, -0.2) is 13.8 Å². The Balaban J connectivity index is 2.02. The van der Waals surface area contributed by atoms with E-state index in [1.807, 2.05) is 32.0 Å². The SMILES string of the molecule is C=Cc1ccc2nc(NCc3cc(F)ccc3F)cc(C(=O)N(C)C(C)CC)c2c1. The van der Waals surface area contributed by atoms with Crippen LogP contribution in [0.4, 0.5) is 14.6 Å². The molecule has 6 heteroatoms. The van der Waals surface area contributed by atoms with Crippen molar-refractivity contribution in [3.05, 3.63) is 77.4 Å². The van der Waals surface area contributed by atoms with Crippen LogP contribution < -0.4 is 5.32 Å². The summed E-state index contributed by atoms with van der Waals surface area (Å²) in [5.41, 5.74) is 2.19. The largest absolute Gasteiger partial charge is 0.366 e. The van der Waals surface area contributed by atoms with E-state index < -0.39 is 11.6 Å². The van der Waals surface area contributed by atoms with E-state index in [1.165, 1.54) is 0 Å². The van der Waals surface area contributed by atoms with Gasteiger partial charge in [0.2, 0.25) is 0 Å². The van der Waals surface area contributed by atoms with Crippen LogP contribution in [0.25, 0.3) is 17.0 Å². The number of rotatable bonds is 7. The zero-order valence-electron chi connectivity index (χ0n) is 17.4. The molecule has 30 heavy (non-hydrogen) atoms. The Bertz CT molecular complexity index is 1100. The number of fused-ring (bicyclic) bond motifs is 1. The van der Waals surface area contributed by atoms with Crippen molar-refractivity contribution in [2.24, 2.45) is 0 Å². The predicted molar refractivity (Wildman–Crippen MR) is 117 cm³/mol. The summed E-state index contributed by atoms with van der Waals surface area (Å²) in [4.78, 5) is 19.5. The van der Waals surface area contributed by atoms with Crippen molar-refractivity contribution >= 4 is 28.7 Å². The van der Waals surface area contributed by atoms with Crippen LogP contribution in [-0.4, -0.2) is 28.9 Å². The van der Waals surface area contributed by atoms with E-state index in [4.69, 9.17) is 0 Å². The van der Waals surface area contributed by atoms with Crippen LogP contribution in [0.2, 0.25) is 0 Å². The molecule has 3 aromatic rings. The van der Waals surface area contributed by atoms with Gasteiger partial charge >= 0.3 is 0 Å². The van der Waals surface area contributed by atoms with Crippen LogP contribution in [0.1, 0.15) is 41.8 Å². The second-order valence-corrected chi connectivity index (χ2v) is 7.30. The van der Waals surface area contributed by atoms with Gasteiger partial charge in [-0.1, -0.05) is 25.6 Å². The molecule has 4 nitrogen and oxygen atoms in total. The minimum Gasteiger partial charge on any atom is -0.366 e. The topological polar surface area (TPSA) is 45.2 Å². The molecule has 0 aliphatic rings. The maximum atomic E-state index is 14.0. The summed E-state index contributed by atoms with van der Waals surface area (Å²) in [7, 11) is 1.77. The summed E-state index contributed by atoms with van der Waals surface area (Å²) in [5.74, 6) is -0.729. The first kappa shape index (κ1) is 21.4. The van der Waals surface area contributed by atoms with Crippen molar-refractivity contribution in [2.75, 3.05) is 12.4 Å². The number of nitrogens with one attached hydrogen (secondary N) is 1. The predicted octanol–water partition coefficient (Wildman–Crippen LogP) is 5.64. The number of carbonyl (C=O) groups is 1. The van der Waals surface area contributed by atoms with Gasteiger partial charge in [-0.2, -0.15) is 0 Å². The number of amides is 1. The number of anilines is 1. The highest BCUT2D eigenvalue weighted by Crippen LogP contribution is 2.25. The number of halogens is 2. The van der Waals surface area contributed by atoms with Crippen LogP contribution in [0.5, 0.6) is 0 Å². The zero-order valence-corrected chi connectivity index (χ0v) is 17.4. The first-order valence-electron chi connectivity index (χ1n) is 9.86. The Morgan fingerprint density at radius 2 is 2.00 bits per heavy atom. The molecule has 3 rings (SSSR count). The number of nitrogens with zero attached hydrogens (tertiary/aromatic N) is 2. The van der Waals surface area contributed by atoms with E-state index in [1.54, 1.807) is 24.1 Å². The van der Waals surface area contributed by atoms with Gasteiger partial charge in [0, 0.05) is 30.6 Å². The van der Waals surface area contributed by atoms with E-state index >= 15 is 0 Å². The average Bonchev–Trinajstić information content (AvgIpc) is 2.77. The van der Waals surface area contributed by atoms with Crippen molar-refractivity contribution in [3.8, 4) is 0 Å². The lowest BCUT2D eigenvalue weighted by Gasteiger charge is -2.25. The molecule has 1 amide bonds. The second-order valence-electron chi connectivity index (χ2n) is 7.30. The zero-order chi connectivity index (χ0) is 21.8. The molecule has 0 bridgehead atoms. The average molecular weight is 409 g/mol. The maximum absolute atomic E-state index is 14.0. The lowest BCUT2D eigenvalue weighted by Crippen LogP contribution is -2.34. The fourth-order valence-electron chi connectivity index (χ4n) is 3.17. The van der Waals surface area contributed by atoms with Crippen molar-refractivity contribution in [1.29, 1.82) is 0 Å². The van der Waals surface area contributed by atoms with Crippen LogP contribution in [0.15, 0.2) is 49.0 Å². The van der Waals surface area contributed by atoms with Gasteiger partial charge in [0.1, 0.15) is 17.5 Å². The molecule has 1 unspecified atom stereocenters. The second kappa shape index (κ2) is 9.03. The fourth-order valence-corrected chi connectivity index (χ4v) is 3.17. The number of benzene rings is 2. The van der Waals surface area contributed by atoms with Gasteiger partial charge in [-0.3, -0.25) is 4.79 Å². The van der Waals surface area contributed by atoms with Crippen LogP contribution in [0, 0.1) is 11.6 Å². The van der Waals surface area contributed by atoms with Crippen LogP contribution in [-0.2, 0) is 6.54 Å². The summed E-state index contributed by atoms with van der Waals surface area (Å²) in [6, 6.07) is 10.6. The third kappa shape index (κ3) is 4.48. The Kier molecular flexibility index (Phi) is 6.45. The third-order valence-electron chi connectivity index (χ3n) is 5.34. The molecular weight excluding hydrogens is 384 g/mol. The molecule has 0 saturated carbocycles. The lowest BCUT2D eigenvalue weighted by atomic mass is 10.0. The summed E-state index contributed by atoms with van der Waals surface area (Å²) >= 11 is 0. The Labute approximate surface area is 175 Å². The molecule has 0 fully saturated rings. The van der Waals surface area contributed by atoms with Gasteiger partial charge in [0.05, 0.1) is 11.1 Å². The summed E-state index contributed by atoms with van der Waals surface area (Å²) in [5, 5.41) is 3.74. The maximum Gasteiger partial charge on any atom is 0.254 e. The minimum absolute atomic E-state index is 0.0433. The standard InChI is InChI=1S/C24H25F2N3O/c1-5-15(3)29(4)24(30)20-13-23(27-14-17-12-18(25)8-9-21(17)26)28-22-10-7-16(6-2)11-19(20)22/h6-13,15H,2,5,14H2,1,3-4H3,(H,27,28). The highest BCUT2D eigenvalue weighted by Gasteiger charge is 2.20. The van der Waals surface area contributed by atoms with Crippen LogP contribution in [0.3, 0.4) is 0 Å². The highest BCUT2D eigenvalue weighted by atomic mass is 19.1. The molecule has 0 saturated heterocycles. The molecule has 1 atom stereocenters. The summed E-state index contributed by atoms with van der Waals surface area (Å²) in [6.45, 7) is 7.85. The molecular formula is C24H25F2N3O. The molecule has 0 spiro atoms. The first-order valence-corrected chi connectivity index (χ1v) is 9.86. The van der Waals surface area contributed by atoms with E-state index in [-0.39, 0.29) is 24.1 Å². The van der Waals surface area contributed by atoms with Crippen molar-refractivity contribution in [1.82, 2.24) is 9.88 Å². The molecule has 156 valence electrons. The number of pyridine rings is 1. The smallest absolute Gasteiger partial charge is 0.254 e. The fraction of sp³-hybridized carbons (Fsp3) is 0.250. The number of aromatic nitrogens is 1. The minimum atomic E-state index is -0.511. The Morgan fingerprint density at radius 1 is 1.23 bits per heavy atom. The monoisotopic (exact) mass is 409 g/mol. The number of carbonyl (C=O) groups excluding carboxylic acids is 1. The van der Waals surface area contributed by atoms with E-state index in [2.05, 4.69) is 16.9 Å². The van der Waals surface area contributed by atoms with Crippen molar-refractivity contribution in [3.63, 3.8) is 0 Å². The quantitative estimate of drug-likeness (QED) is 0.549. The molecule has 0 aliphatic heterocycles. The van der Waals surface area contributed by atoms with E-state index in [0.717, 1.165) is 35.6 Å².